The van der Waals surface area contributed by atoms with E-state index in [-0.39, 0.29) is 11.6 Å². The zero-order valence-electron chi connectivity index (χ0n) is 11.2. The number of carboxylic acids is 1. The molecule has 1 unspecified atom stereocenters. The SMILES string of the molecule is Cc1nc(NC(C)C2CCOCC2)ncc1C(=O)O. The predicted octanol–water partition coefficient (Wildman–Crippen LogP) is 1.71. The number of hydrogen-bond acceptors (Lipinski definition) is 5. The highest BCUT2D eigenvalue weighted by Crippen LogP contribution is 2.20. The number of rotatable bonds is 4. The van der Waals surface area contributed by atoms with Crippen LogP contribution in [0.5, 0.6) is 0 Å². The Labute approximate surface area is 112 Å². The van der Waals surface area contributed by atoms with Gasteiger partial charge >= 0.3 is 5.97 Å². The number of anilines is 1. The third kappa shape index (κ3) is 3.41. The summed E-state index contributed by atoms with van der Waals surface area (Å²) in [4.78, 5) is 19.1. The minimum absolute atomic E-state index is 0.143. The summed E-state index contributed by atoms with van der Waals surface area (Å²) in [5, 5.41) is 12.2. The summed E-state index contributed by atoms with van der Waals surface area (Å²) in [6.45, 7) is 5.37. The van der Waals surface area contributed by atoms with E-state index in [0.717, 1.165) is 26.1 Å². The fourth-order valence-corrected chi connectivity index (χ4v) is 2.28. The number of nitrogens with zero attached hydrogens (tertiary/aromatic N) is 2. The van der Waals surface area contributed by atoms with Gasteiger partial charge < -0.3 is 15.2 Å². The predicted molar refractivity (Wildman–Crippen MR) is 70.4 cm³/mol. The first-order valence-corrected chi connectivity index (χ1v) is 6.49. The van der Waals surface area contributed by atoms with Crippen molar-refractivity contribution in [1.82, 2.24) is 9.97 Å². The molecule has 0 saturated carbocycles. The van der Waals surface area contributed by atoms with Crippen molar-refractivity contribution in [3.05, 3.63) is 17.5 Å². The molecule has 0 bridgehead atoms. The van der Waals surface area contributed by atoms with Gasteiger partial charge in [0, 0.05) is 25.5 Å². The number of aromatic nitrogens is 2. The van der Waals surface area contributed by atoms with Gasteiger partial charge in [-0.1, -0.05) is 0 Å². The molecule has 19 heavy (non-hydrogen) atoms. The van der Waals surface area contributed by atoms with Crippen molar-refractivity contribution in [3.63, 3.8) is 0 Å². The molecule has 2 rings (SSSR count). The van der Waals surface area contributed by atoms with Gasteiger partial charge in [-0.2, -0.15) is 0 Å². The molecule has 2 heterocycles. The Morgan fingerprint density at radius 1 is 1.53 bits per heavy atom. The molecular formula is C13H19N3O3. The van der Waals surface area contributed by atoms with Gasteiger partial charge in [-0.25, -0.2) is 14.8 Å². The largest absolute Gasteiger partial charge is 0.478 e. The molecular weight excluding hydrogens is 246 g/mol. The van der Waals surface area contributed by atoms with Crippen LogP contribution in [0.15, 0.2) is 6.20 Å². The summed E-state index contributed by atoms with van der Waals surface area (Å²) in [5.41, 5.74) is 0.619. The van der Waals surface area contributed by atoms with Crippen LogP contribution in [-0.4, -0.2) is 40.3 Å². The van der Waals surface area contributed by atoms with E-state index in [9.17, 15) is 4.79 Å². The summed E-state index contributed by atoms with van der Waals surface area (Å²) >= 11 is 0. The van der Waals surface area contributed by atoms with Gasteiger partial charge in [0.1, 0.15) is 0 Å². The first-order valence-electron chi connectivity index (χ1n) is 6.49. The smallest absolute Gasteiger partial charge is 0.339 e. The molecule has 1 aromatic heterocycles. The van der Waals surface area contributed by atoms with Crippen LogP contribution in [-0.2, 0) is 4.74 Å². The normalized spacial score (nSPS) is 18.0. The lowest BCUT2D eigenvalue weighted by Crippen LogP contribution is -2.31. The van der Waals surface area contributed by atoms with Gasteiger partial charge in [0.15, 0.2) is 0 Å². The highest BCUT2D eigenvalue weighted by atomic mass is 16.5. The van der Waals surface area contributed by atoms with Gasteiger partial charge in [-0.05, 0) is 32.6 Å². The Kier molecular flexibility index (Phi) is 4.31. The van der Waals surface area contributed by atoms with Crippen LogP contribution in [0.1, 0.15) is 35.8 Å². The fraction of sp³-hybridized carbons (Fsp3) is 0.615. The molecule has 1 atom stereocenters. The second-order valence-corrected chi connectivity index (χ2v) is 4.88. The van der Waals surface area contributed by atoms with Crippen molar-refractivity contribution < 1.29 is 14.6 Å². The van der Waals surface area contributed by atoms with Crippen LogP contribution >= 0.6 is 0 Å². The van der Waals surface area contributed by atoms with Crippen molar-refractivity contribution in [2.24, 2.45) is 5.92 Å². The second kappa shape index (κ2) is 5.97. The van der Waals surface area contributed by atoms with E-state index in [1.54, 1.807) is 6.92 Å². The van der Waals surface area contributed by atoms with Crippen LogP contribution in [0, 0.1) is 12.8 Å². The van der Waals surface area contributed by atoms with Gasteiger partial charge in [0.2, 0.25) is 5.95 Å². The molecule has 1 aliphatic heterocycles. The minimum atomic E-state index is -0.999. The number of nitrogens with one attached hydrogen (secondary N) is 1. The Morgan fingerprint density at radius 2 is 2.21 bits per heavy atom. The summed E-state index contributed by atoms with van der Waals surface area (Å²) < 4.78 is 5.34. The van der Waals surface area contributed by atoms with Crippen LogP contribution in [0.4, 0.5) is 5.95 Å². The molecule has 2 N–H and O–H groups in total. The van der Waals surface area contributed by atoms with Gasteiger partial charge in [-0.15, -0.1) is 0 Å². The molecule has 1 aliphatic rings. The average molecular weight is 265 g/mol. The minimum Gasteiger partial charge on any atom is -0.478 e. The van der Waals surface area contributed by atoms with Crippen molar-refractivity contribution in [1.29, 1.82) is 0 Å². The average Bonchev–Trinajstić information content (AvgIpc) is 2.39. The molecule has 0 amide bonds. The monoisotopic (exact) mass is 265 g/mol. The lowest BCUT2D eigenvalue weighted by Gasteiger charge is -2.28. The number of hydrogen-bond donors (Lipinski definition) is 2. The van der Waals surface area contributed by atoms with E-state index in [2.05, 4.69) is 22.2 Å². The summed E-state index contributed by atoms with van der Waals surface area (Å²) in [6, 6.07) is 0.249. The van der Waals surface area contributed by atoms with Gasteiger partial charge in [-0.3, -0.25) is 0 Å². The molecule has 0 aromatic carbocycles. The summed E-state index contributed by atoms with van der Waals surface area (Å²) in [7, 11) is 0. The number of aryl methyl sites for hydroxylation is 1. The highest BCUT2D eigenvalue weighted by molar-refractivity contribution is 5.88. The fourth-order valence-electron chi connectivity index (χ4n) is 2.28. The maximum Gasteiger partial charge on any atom is 0.339 e. The quantitative estimate of drug-likeness (QED) is 0.862. The van der Waals surface area contributed by atoms with E-state index >= 15 is 0 Å². The molecule has 1 aromatic rings. The van der Waals surface area contributed by atoms with Crippen LogP contribution in [0.2, 0.25) is 0 Å². The van der Waals surface area contributed by atoms with E-state index in [1.807, 2.05) is 0 Å². The zero-order valence-corrected chi connectivity index (χ0v) is 11.2. The van der Waals surface area contributed by atoms with Crippen LogP contribution < -0.4 is 5.32 Å². The first-order chi connectivity index (χ1) is 9.08. The Morgan fingerprint density at radius 3 is 2.79 bits per heavy atom. The number of aromatic carboxylic acids is 1. The Balaban J connectivity index is 2.02. The molecule has 1 fully saturated rings. The molecule has 6 nitrogen and oxygen atoms in total. The van der Waals surface area contributed by atoms with Crippen molar-refractivity contribution >= 4 is 11.9 Å². The number of carbonyl (C=O) groups is 1. The van der Waals surface area contributed by atoms with Crippen molar-refractivity contribution in [2.45, 2.75) is 32.7 Å². The van der Waals surface area contributed by atoms with E-state index in [1.165, 1.54) is 6.20 Å². The lowest BCUT2D eigenvalue weighted by atomic mass is 9.93. The molecule has 104 valence electrons. The van der Waals surface area contributed by atoms with Crippen molar-refractivity contribution in [3.8, 4) is 0 Å². The number of carboxylic acid groups (broad SMARTS) is 1. The van der Waals surface area contributed by atoms with Crippen molar-refractivity contribution in [2.75, 3.05) is 18.5 Å². The topological polar surface area (TPSA) is 84.3 Å². The highest BCUT2D eigenvalue weighted by Gasteiger charge is 2.21. The zero-order chi connectivity index (χ0) is 13.8. The third-order valence-electron chi connectivity index (χ3n) is 3.54. The number of ether oxygens (including phenoxy) is 1. The molecule has 6 heteroatoms. The van der Waals surface area contributed by atoms with E-state index in [0.29, 0.717) is 17.6 Å². The van der Waals surface area contributed by atoms with Crippen LogP contribution in [0.25, 0.3) is 0 Å². The Hall–Kier alpha value is -1.69. The molecule has 0 spiro atoms. The second-order valence-electron chi connectivity index (χ2n) is 4.88. The first kappa shape index (κ1) is 13.7. The summed E-state index contributed by atoms with van der Waals surface area (Å²) in [6.07, 6.45) is 3.41. The van der Waals surface area contributed by atoms with E-state index in [4.69, 9.17) is 9.84 Å². The molecule has 1 saturated heterocycles. The van der Waals surface area contributed by atoms with E-state index < -0.39 is 5.97 Å². The Bertz CT molecular complexity index is 458. The molecule has 0 radical (unpaired) electrons. The maximum atomic E-state index is 10.9. The standard InChI is InChI=1S/C13H19N3O3/c1-8(10-3-5-19-6-4-10)15-13-14-7-11(12(17)18)9(2)16-13/h7-8,10H,3-6H2,1-2H3,(H,17,18)(H,14,15,16). The summed E-state index contributed by atoms with van der Waals surface area (Å²) in [5.74, 6) is 0.0276. The molecule has 0 aliphatic carbocycles. The van der Waals surface area contributed by atoms with Gasteiger partial charge in [0.05, 0.1) is 11.3 Å². The van der Waals surface area contributed by atoms with Gasteiger partial charge in [0.25, 0.3) is 0 Å². The van der Waals surface area contributed by atoms with Crippen LogP contribution in [0.3, 0.4) is 0 Å². The maximum absolute atomic E-state index is 10.9. The third-order valence-corrected chi connectivity index (χ3v) is 3.54. The lowest BCUT2D eigenvalue weighted by molar-refractivity contribution is 0.0621.